The topological polar surface area (TPSA) is 26.0 Å². The maximum absolute atomic E-state index is 5.52. The first-order valence-corrected chi connectivity index (χ1v) is 3.77. The van der Waals surface area contributed by atoms with E-state index in [9.17, 15) is 0 Å². The highest BCUT2D eigenvalue weighted by Gasteiger charge is 2.26. The van der Waals surface area contributed by atoms with Crippen LogP contribution in [0.2, 0.25) is 0 Å². The lowest BCUT2D eigenvalue weighted by atomic mass is 10.0. The third-order valence-electron chi connectivity index (χ3n) is 2.48. The summed E-state index contributed by atoms with van der Waals surface area (Å²) in [5.74, 6) is 3.32. The Balaban J connectivity index is 2.35. The normalized spacial score (nSPS) is 37.7. The van der Waals surface area contributed by atoms with Gasteiger partial charge in [0.15, 0.2) is 0 Å². The summed E-state index contributed by atoms with van der Waals surface area (Å²) in [5, 5.41) is 0. The van der Waals surface area contributed by atoms with E-state index in [2.05, 4.69) is 13.8 Å². The van der Waals surface area contributed by atoms with Gasteiger partial charge >= 0.3 is 0 Å². The number of hydrogen-bond acceptors (Lipinski definition) is 1. The molecule has 1 fully saturated rings. The Morgan fingerprint density at radius 2 is 1.78 bits per heavy atom. The largest absolute Gasteiger partial charge is 0.330 e. The van der Waals surface area contributed by atoms with Crippen molar-refractivity contribution in [2.75, 3.05) is 6.54 Å². The van der Waals surface area contributed by atoms with E-state index in [-0.39, 0.29) is 0 Å². The predicted molar refractivity (Wildman–Crippen MR) is 39.9 cm³/mol. The average molecular weight is 126 g/mol. The third kappa shape index (κ3) is 1.45. The maximum Gasteiger partial charge on any atom is -0.00145 e. The van der Waals surface area contributed by atoms with Crippen LogP contribution in [0.4, 0.5) is 0 Å². The van der Waals surface area contributed by atoms with Gasteiger partial charge in [0.1, 0.15) is 0 Å². The van der Waals surface area contributed by atoms with Gasteiger partial charge in [-0.15, -0.1) is 0 Å². The minimum absolute atomic E-state index is 0.814. The van der Waals surface area contributed by atoms with Crippen molar-refractivity contribution in [2.45, 2.75) is 26.7 Å². The van der Waals surface area contributed by atoms with Crippen molar-refractivity contribution >= 4 is 0 Å². The summed E-state index contributed by atoms with van der Waals surface area (Å²) in [6.07, 6.45) is 2.55. The van der Waals surface area contributed by atoms with Crippen LogP contribution in [0, 0.1) is 17.8 Å². The number of rotatable bonds is 1. The van der Waals surface area contributed by atoms with Crippen LogP contribution in [0.25, 0.3) is 0 Å². The molecule has 0 aromatic carbocycles. The molecular formula is C8H16N. The average Bonchev–Trinajstić information content (AvgIpc) is 2.13. The van der Waals surface area contributed by atoms with E-state index in [4.69, 9.17) is 5.73 Å². The van der Waals surface area contributed by atoms with Crippen molar-refractivity contribution in [3.63, 3.8) is 0 Å². The lowest BCUT2D eigenvalue weighted by molar-refractivity contribution is 0.457. The first-order valence-electron chi connectivity index (χ1n) is 3.77. The first kappa shape index (κ1) is 7.07. The van der Waals surface area contributed by atoms with E-state index in [1.54, 1.807) is 5.92 Å². The lowest BCUT2D eigenvalue weighted by Gasteiger charge is -2.04. The molecule has 0 aromatic rings. The Bertz CT molecular complexity index is 80.6. The molecule has 53 valence electrons. The molecule has 2 N–H and O–H groups in total. The van der Waals surface area contributed by atoms with Crippen LogP contribution in [0.5, 0.6) is 0 Å². The van der Waals surface area contributed by atoms with Crippen molar-refractivity contribution in [3.8, 4) is 0 Å². The summed E-state index contributed by atoms with van der Waals surface area (Å²) in [6.45, 7) is 5.44. The number of nitrogens with two attached hydrogens (primary N) is 1. The lowest BCUT2D eigenvalue weighted by Crippen LogP contribution is -2.08. The number of hydrogen-bond donors (Lipinski definition) is 1. The summed E-state index contributed by atoms with van der Waals surface area (Å²) in [6, 6.07) is 0. The van der Waals surface area contributed by atoms with E-state index in [1.165, 1.54) is 12.8 Å². The molecule has 2 atom stereocenters. The highest BCUT2D eigenvalue weighted by atomic mass is 14.6. The minimum Gasteiger partial charge on any atom is -0.330 e. The second kappa shape index (κ2) is 2.70. The molecule has 0 saturated heterocycles. The molecule has 0 heterocycles. The SMILES string of the molecule is C[C@H]1C[C](CN)C[C@@H]1C. The van der Waals surface area contributed by atoms with Crippen molar-refractivity contribution in [1.29, 1.82) is 0 Å². The molecule has 0 aliphatic heterocycles. The smallest absolute Gasteiger partial charge is 0.00145 e. The van der Waals surface area contributed by atoms with Crippen molar-refractivity contribution in [1.82, 2.24) is 0 Å². The molecule has 0 unspecified atom stereocenters. The van der Waals surface area contributed by atoms with Crippen LogP contribution in [-0.4, -0.2) is 6.54 Å². The summed E-state index contributed by atoms with van der Waals surface area (Å²) in [5.41, 5.74) is 5.52. The van der Waals surface area contributed by atoms with E-state index in [0.717, 1.165) is 18.4 Å². The molecule has 0 amide bonds. The Morgan fingerprint density at radius 3 is 2.00 bits per heavy atom. The zero-order valence-electron chi connectivity index (χ0n) is 6.35. The fourth-order valence-corrected chi connectivity index (χ4v) is 1.56. The summed E-state index contributed by atoms with van der Waals surface area (Å²) in [7, 11) is 0. The van der Waals surface area contributed by atoms with Gasteiger partial charge in [-0.3, -0.25) is 0 Å². The second-order valence-corrected chi connectivity index (χ2v) is 3.32. The van der Waals surface area contributed by atoms with Crippen LogP contribution in [0.15, 0.2) is 0 Å². The second-order valence-electron chi connectivity index (χ2n) is 3.32. The van der Waals surface area contributed by atoms with Gasteiger partial charge in [0.05, 0.1) is 0 Å². The summed E-state index contributed by atoms with van der Waals surface area (Å²) in [4.78, 5) is 0. The fourth-order valence-electron chi connectivity index (χ4n) is 1.56. The van der Waals surface area contributed by atoms with Crippen LogP contribution >= 0.6 is 0 Å². The highest BCUT2D eigenvalue weighted by Crippen LogP contribution is 2.36. The van der Waals surface area contributed by atoms with Crippen molar-refractivity contribution in [3.05, 3.63) is 5.92 Å². The molecule has 1 saturated carbocycles. The quantitative estimate of drug-likeness (QED) is 0.567. The van der Waals surface area contributed by atoms with Crippen molar-refractivity contribution < 1.29 is 0 Å². The fraction of sp³-hybridized carbons (Fsp3) is 0.875. The molecule has 1 nitrogen and oxygen atoms in total. The monoisotopic (exact) mass is 126 g/mol. The highest BCUT2D eigenvalue weighted by molar-refractivity contribution is 5.00. The van der Waals surface area contributed by atoms with E-state index < -0.39 is 0 Å². The van der Waals surface area contributed by atoms with Crippen LogP contribution in [0.1, 0.15) is 26.7 Å². The molecule has 1 aliphatic rings. The molecule has 0 aromatic heterocycles. The van der Waals surface area contributed by atoms with Gasteiger partial charge < -0.3 is 5.73 Å². The van der Waals surface area contributed by atoms with E-state index >= 15 is 0 Å². The van der Waals surface area contributed by atoms with Gasteiger partial charge in [-0.05, 0) is 37.1 Å². The zero-order valence-corrected chi connectivity index (χ0v) is 6.35. The van der Waals surface area contributed by atoms with Gasteiger partial charge in [0, 0.05) is 0 Å². The minimum atomic E-state index is 0.814. The molecule has 1 radical (unpaired) electrons. The summed E-state index contributed by atoms with van der Waals surface area (Å²) >= 11 is 0. The molecule has 9 heavy (non-hydrogen) atoms. The third-order valence-corrected chi connectivity index (χ3v) is 2.48. The van der Waals surface area contributed by atoms with Gasteiger partial charge in [-0.2, -0.15) is 0 Å². The predicted octanol–water partition coefficient (Wildman–Crippen LogP) is 1.59. The Labute approximate surface area is 57.6 Å². The standard InChI is InChI=1S/C8H16N/c1-6-3-8(5-9)4-7(6)2/h6-7H,3-5,9H2,1-2H3/t6-,7-/m0/s1. The van der Waals surface area contributed by atoms with Crippen LogP contribution in [0.3, 0.4) is 0 Å². The van der Waals surface area contributed by atoms with Gasteiger partial charge in [0.2, 0.25) is 0 Å². The van der Waals surface area contributed by atoms with E-state index in [0.29, 0.717) is 0 Å². The van der Waals surface area contributed by atoms with Crippen molar-refractivity contribution in [2.24, 2.45) is 17.6 Å². The molecule has 0 spiro atoms. The zero-order chi connectivity index (χ0) is 6.85. The molecular weight excluding hydrogens is 110 g/mol. The first-order chi connectivity index (χ1) is 4.24. The molecule has 1 aliphatic carbocycles. The Hall–Kier alpha value is -0.0400. The Kier molecular flexibility index (Phi) is 2.12. The van der Waals surface area contributed by atoms with Gasteiger partial charge in [-0.1, -0.05) is 13.8 Å². The van der Waals surface area contributed by atoms with Gasteiger partial charge in [0.25, 0.3) is 0 Å². The maximum atomic E-state index is 5.52. The molecule has 0 bridgehead atoms. The molecule has 1 rings (SSSR count). The van der Waals surface area contributed by atoms with Crippen LogP contribution in [-0.2, 0) is 0 Å². The molecule has 1 heteroatoms. The van der Waals surface area contributed by atoms with Crippen LogP contribution < -0.4 is 5.73 Å². The Morgan fingerprint density at radius 1 is 1.33 bits per heavy atom. The van der Waals surface area contributed by atoms with Gasteiger partial charge in [-0.25, -0.2) is 0 Å². The van der Waals surface area contributed by atoms with E-state index in [1.807, 2.05) is 0 Å². The summed E-state index contributed by atoms with van der Waals surface area (Å²) < 4.78 is 0.